The van der Waals surface area contributed by atoms with Gasteiger partial charge in [-0.15, -0.1) is 0 Å². The topological polar surface area (TPSA) is 71.5 Å². The number of amides is 1. The van der Waals surface area contributed by atoms with Crippen molar-refractivity contribution in [1.82, 2.24) is 10.3 Å². The second-order valence-electron chi connectivity index (χ2n) is 5.75. The Kier molecular flexibility index (Phi) is 5.61. The molecule has 5 nitrogen and oxygen atoms in total. The molecular formula is C21H20N2O3. The van der Waals surface area contributed by atoms with Crippen LogP contribution in [0.2, 0.25) is 0 Å². The third-order valence-electron chi connectivity index (χ3n) is 4.09. The molecule has 5 heteroatoms. The molecule has 0 spiro atoms. The van der Waals surface area contributed by atoms with Crippen molar-refractivity contribution in [2.45, 2.75) is 6.04 Å². The minimum absolute atomic E-state index is 0.182. The van der Waals surface area contributed by atoms with Crippen molar-refractivity contribution in [3.05, 3.63) is 84.1 Å². The van der Waals surface area contributed by atoms with Crippen molar-refractivity contribution in [1.29, 1.82) is 0 Å². The summed E-state index contributed by atoms with van der Waals surface area (Å²) in [6.45, 7) is -0.182. The summed E-state index contributed by atoms with van der Waals surface area (Å²) in [5.41, 5.74) is 2.78. The monoisotopic (exact) mass is 348 g/mol. The Morgan fingerprint density at radius 1 is 1.12 bits per heavy atom. The normalized spacial score (nSPS) is 11.6. The van der Waals surface area contributed by atoms with Crippen LogP contribution in [0.1, 0.15) is 22.0 Å². The summed E-state index contributed by atoms with van der Waals surface area (Å²) >= 11 is 0. The zero-order chi connectivity index (χ0) is 18.4. The second-order valence-corrected chi connectivity index (χ2v) is 5.75. The third-order valence-corrected chi connectivity index (χ3v) is 4.09. The first-order chi connectivity index (χ1) is 12.7. The number of hydrogen-bond donors (Lipinski definition) is 2. The number of rotatable bonds is 6. The molecule has 1 heterocycles. The van der Waals surface area contributed by atoms with E-state index in [2.05, 4.69) is 10.3 Å². The number of carbonyl (C=O) groups is 1. The number of aliphatic hydroxyl groups is 1. The van der Waals surface area contributed by atoms with Gasteiger partial charge >= 0.3 is 0 Å². The van der Waals surface area contributed by atoms with Gasteiger partial charge in [-0.1, -0.05) is 36.4 Å². The van der Waals surface area contributed by atoms with Crippen LogP contribution in [0.3, 0.4) is 0 Å². The van der Waals surface area contributed by atoms with Crippen LogP contribution in [-0.2, 0) is 0 Å². The van der Waals surface area contributed by atoms with Gasteiger partial charge in [-0.25, -0.2) is 0 Å². The minimum atomic E-state index is -0.468. The van der Waals surface area contributed by atoms with E-state index in [4.69, 9.17) is 4.74 Å². The number of ether oxygens (including phenoxy) is 1. The van der Waals surface area contributed by atoms with Gasteiger partial charge in [0, 0.05) is 17.3 Å². The molecule has 0 aliphatic rings. The highest BCUT2D eigenvalue weighted by molar-refractivity contribution is 5.96. The van der Waals surface area contributed by atoms with Crippen molar-refractivity contribution in [3.8, 4) is 17.0 Å². The number of nitrogens with one attached hydrogen (secondary N) is 1. The van der Waals surface area contributed by atoms with Crippen LogP contribution in [0.25, 0.3) is 11.3 Å². The van der Waals surface area contributed by atoms with E-state index in [1.54, 1.807) is 31.5 Å². The highest BCUT2D eigenvalue weighted by Crippen LogP contribution is 2.29. The van der Waals surface area contributed by atoms with Gasteiger partial charge in [0.15, 0.2) is 0 Å². The van der Waals surface area contributed by atoms with Crippen molar-refractivity contribution >= 4 is 5.91 Å². The van der Waals surface area contributed by atoms with Crippen LogP contribution in [0.15, 0.2) is 72.9 Å². The number of aromatic nitrogens is 1. The van der Waals surface area contributed by atoms with E-state index in [1.165, 1.54) is 0 Å². The number of pyridine rings is 1. The van der Waals surface area contributed by atoms with Gasteiger partial charge in [0.1, 0.15) is 5.75 Å². The van der Waals surface area contributed by atoms with E-state index in [0.29, 0.717) is 11.3 Å². The van der Waals surface area contributed by atoms with Gasteiger partial charge in [0.05, 0.1) is 25.5 Å². The van der Waals surface area contributed by atoms with Crippen molar-refractivity contribution in [2.75, 3.05) is 13.7 Å². The predicted molar refractivity (Wildman–Crippen MR) is 100.0 cm³/mol. The first kappa shape index (κ1) is 17.6. The van der Waals surface area contributed by atoms with Crippen molar-refractivity contribution < 1.29 is 14.6 Å². The van der Waals surface area contributed by atoms with E-state index in [9.17, 15) is 9.90 Å². The van der Waals surface area contributed by atoms with E-state index in [0.717, 1.165) is 16.8 Å². The lowest BCUT2D eigenvalue weighted by molar-refractivity contribution is 0.0916. The zero-order valence-electron chi connectivity index (χ0n) is 14.4. The van der Waals surface area contributed by atoms with Gasteiger partial charge in [-0.05, 0) is 35.9 Å². The first-order valence-electron chi connectivity index (χ1n) is 8.29. The maximum atomic E-state index is 12.7. The average molecular weight is 348 g/mol. The van der Waals surface area contributed by atoms with Gasteiger partial charge in [0.25, 0.3) is 5.91 Å². The molecule has 2 aromatic carbocycles. The Morgan fingerprint density at radius 2 is 1.88 bits per heavy atom. The number of carbonyl (C=O) groups excluding carboxylic acids is 1. The Balaban J connectivity index is 1.88. The summed E-state index contributed by atoms with van der Waals surface area (Å²) < 4.78 is 5.39. The molecule has 0 aliphatic carbocycles. The number of nitrogens with zero attached hydrogens (tertiary/aromatic N) is 1. The van der Waals surface area contributed by atoms with Crippen molar-refractivity contribution in [3.63, 3.8) is 0 Å². The zero-order valence-corrected chi connectivity index (χ0v) is 14.4. The van der Waals surface area contributed by atoms with Crippen LogP contribution in [-0.4, -0.2) is 29.7 Å². The van der Waals surface area contributed by atoms with Gasteiger partial charge in [-0.3, -0.25) is 9.78 Å². The van der Waals surface area contributed by atoms with Gasteiger partial charge in [-0.2, -0.15) is 0 Å². The molecular weight excluding hydrogens is 328 g/mol. The largest absolute Gasteiger partial charge is 0.496 e. The number of hydrogen-bond acceptors (Lipinski definition) is 4. The van der Waals surface area contributed by atoms with Crippen LogP contribution in [0, 0.1) is 0 Å². The van der Waals surface area contributed by atoms with Crippen molar-refractivity contribution in [2.24, 2.45) is 0 Å². The molecule has 132 valence electrons. The van der Waals surface area contributed by atoms with Crippen LogP contribution in [0.5, 0.6) is 5.75 Å². The lowest BCUT2D eigenvalue weighted by atomic mass is 10.0. The Bertz CT molecular complexity index is 867. The minimum Gasteiger partial charge on any atom is -0.496 e. The molecule has 0 bridgehead atoms. The summed E-state index contributed by atoms with van der Waals surface area (Å²) in [5, 5.41) is 12.5. The molecule has 0 aliphatic heterocycles. The van der Waals surface area contributed by atoms with Gasteiger partial charge < -0.3 is 15.2 Å². The smallest absolute Gasteiger partial charge is 0.251 e. The van der Waals surface area contributed by atoms with E-state index in [1.807, 2.05) is 48.5 Å². The predicted octanol–water partition coefficient (Wildman–Crippen LogP) is 3.22. The molecule has 0 saturated carbocycles. The lowest BCUT2D eigenvalue weighted by Crippen LogP contribution is -2.30. The second kappa shape index (κ2) is 8.27. The first-order valence-corrected chi connectivity index (χ1v) is 8.29. The molecule has 3 rings (SSSR count). The number of benzene rings is 2. The maximum absolute atomic E-state index is 12.7. The molecule has 0 fully saturated rings. The standard InChI is InChI=1S/C21H20N2O3/c1-26-20-11-10-16(13-17(20)18-9-5-6-12-22-18)21(25)23-19(14-24)15-7-3-2-4-8-15/h2-13,19,24H,14H2,1H3,(H,23,25)/t19-/m0/s1. The summed E-state index contributed by atoms with van der Waals surface area (Å²) in [6.07, 6.45) is 1.69. The molecule has 1 atom stereocenters. The summed E-state index contributed by atoms with van der Waals surface area (Å²) in [4.78, 5) is 17.0. The quantitative estimate of drug-likeness (QED) is 0.717. The summed E-state index contributed by atoms with van der Waals surface area (Å²) in [6, 6.07) is 19.7. The molecule has 26 heavy (non-hydrogen) atoms. The molecule has 0 saturated heterocycles. The Morgan fingerprint density at radius 3 is 2.54 bits per heavy atom. The molecule has 2 N–H and O–H groups in total. The Labute approximate surface area is 152 Å². The van der Waals surface area contributed by atoms with E-state index >= 15 is 0 Å². The maximum Gasteiger partial charge on any atom is 0.251 e. The average Bonchev–Trinajstić information content (AvgIpc) is 2.72. The highest BCUT2D eigenvalue weighted by Gasteiger charge is 2.17. The lowest BCUT2D eigenvalue weighted by Gasteiger charge is -2.17. The van der Waals surface area contributed by atoms with Crippen LogP contribution >= 0.6 is 0 Å². The summed E-state index contributed by atoms with van der Waals surface area (Å²) in [5.74, 6) is 0.370. The van der Waals surface area contributed by atoms with Crippen LogP contribution in [0.4, 0.5) is 0 Å². The molecule has 0 unspecified atom stereocenters. The molecule has 3 aromatic rings. The van der Waals surface area contributed by atoms with E-state index < -0.39 is 6.04 Å². The fraction of sp³-hybridized carbons (Fsp3) is 0.143. The fourth-order valence-corrected chi connectivity index (χ4v) is 2.73. The van der Waals surface area contributed by atoms with Gasteiger partial charge in [0.2, 0.25) is 0 Å². The number of aliphatic hydroxyl groups excluding tert-OH is 1. The SMILES string of the molecule is COc1ccc(C(=O)N[C@@H](CO)c2ccccc2)cc1-c1ccccn1. The molecule has 0 radical (unpaired) electrons. The fourth-order valence-electron chi connectivity index (χ4n) is 2.73. The molecule has 1 amide bonds. The summed E-state index contributed by atoms with van der Waals surface area (Å²) in [7, 11) is 1.58. The third kappa shape index (κ3) is 3.90. The Hall–Kier alpha value is -3.18. The van der Waals surface area contributed by atoms with Crippen LogP contribution < -0.4 is 10.1 Å². The number of methoxy groups -OCH3 is 1. The highest BCUT2D eigenvalue weighted by atomic mass is 16.5. The molecule has 1 aromatic heterocycles. The van der Waals surface area contributed by atoms with E-state index in [-0.39, 0.29) is 12.5 Å².